The number of hydrogen-bond acceptors (Lipinski definition) is 5. The summed E-state index contributed by atoms with van der Waals surface area (Å²) in [5, 5.41) is 0. The summed E-state index contributed by atoms with van der Waals surface area (Å²) in [5.41, 5.74) is 0.541. The van der Waals surface area contributed by atoms with Crippen LogP contribution in [0.1, 0.15) is 33.1 Å². The maximum Gasteiger partial charge on any atom is 0.331 e. The van der Waals surface area contributed by atoms with E-state index < -0.39 is 5.97 Å². The van der Waals surface area contributed by atoms with Crippen LogP contribution < -0.4 is 9.47 Å². The van der Waals surface area contributed by atoms with Crippen LogP contribution in [0.2, 0.25) is 0 Å². The van der Waals surface area contributed by atoms with Gasteiger partial charge in [-0.3, -0.25) is 0 Å². The second-order valence-corrected chi connectivity index (χ2v) is 6.45. The lowest BCUT2D eigenvalue weighted by Crippen LogP contribution is -2.24. The molecular formula is C20H23BrO5. The van der Waals surface area contributed by atoms with Gasteiger partial charge in [0, 0.05) is 24.1 Å². The number of carbonyl (C=O) groups is 1. The van der Waals surface area contributed by atoms with Crippen molar-refractivity contribution in [1.82, 2.24) is 0 Å². The predicted molar refractivity (Wildman–Crippen MR) is 102 cm³/mol. The molecule has 1 saturated heterocycles. The summed E-state index contributed by atoms with van der Waals surface area (Å²) in [6, 6.07) is 5.51. The molecule has 0 aromatic heterocycles. The Bertz CT molecular complexity index is 696. The Hall–Kier alpha value is -1.97. The number of ether oxygens (including phenoxy) is 4. The largest absolute Gasteiger partial charge is 0.487 e. The summed E-state index contributed by atoms with van der Waals surface area (Å²) in [7, 11) is 0. The van der Waals surface area contributed by atoms with Crippen LogP contribution in [0.15, 0.2) is 34.3 Å². The molecule has 1 atom stereocenters. The molecule has 1 heterocycles. The zero-order valence-electron chi connectivity index (χ0n) is 15.0. The van der Waals surface area contributed by atoms with E-state index in [0.717, 1.165) is 30.3 Å². The first kappa shape index (κ1) is 20.3. The zero-order chi connectivity index (χ0) is 18.8. The summed E-state index contributed by atoms with van der Waals surface area (Å²) in [4.78, 5) is 11.6. The van der Waals surface area contributed by atoms with Crippen LogP contribution in [-0.2, 0) is 14.3 Å². The lowest BCUT2D eigenvalue weighted by molar-refractivity contribution is -0.137. The summed E-state index contributed by atoms with van der Waals surface area (Å²) in [5.74, 6) is 6.48. The summed E-state index contributed by atoms with van der Waals surface area (Å²) in [6.45, 7) is 4.65. The lowest BCUT2D eigenvalue weighted by atomic mass is 10.2. The van der Waals surface area contributed by atoms with Gasteiger partial charge in [0.05, 0.1) is 17.7 Å². The molecule has 26 heavy (non-hydrogen) atoms. The number of rotatable bonds is 7. The Morgan fingerprint density at radius 2 is 2.27 bits per heavy atom. The first-order valence-corrected chi connectivity index (χ1v) is 9.42. The van der Waals surface area contributed by atoms with Gasteiger partial charge in [0.2, 0.25) is 0 Å². The average Bonchev–Trinajstić information content (AvgIpc) is 2.63. The minimum atomic E-state index is -0.431. The molecule has 0 amide bonds. The quantitative estimate of drug-likeness (QED) is 0.373. The normalized spacial score (nSPS) is 17.0. The second-order valence-electron chi connectivity index (χ2n) is 5.59. The van der Waals surface area contributed by atoms with Crippen LogP contribution in [0.4, 0.5) is 0 Å². The van der Waals surface area contributed by atoms with E-state index in [1.807, 2.05) is 12.1 Å². The molecule has 1 unspecified atom stereocenters. The van der Waals surface area contributed by atoms with E-state index in [1.54, 1.807) is 19.9 Å². The van der Waals surface area contributed by atoms with E-state index in [0.29, 0.717) is 23.7 Å². The minimum Gasteiger partial charge on any atom is -0.487 e. The van der Waals surface area contributed by atoms with Crippen molar-refractivity contribution >= 4 is 21.9 Å². The van der Waals surface area contributed by atoms with Crippen LogP contribution >= 0.6 is 15.9 Å². The Kier molecular flexibility index (Phi) is 8.52. The Balaban J connectivity index is 2.03. The summed E-state index contributed by atoms with van der Waals surface area (Å²) < 4.78 is 23.0. The monoisotopic (exact) mass is 422 g/mol. The van der Waals surface area contributed by atoms with Crippen LogP contribution in [0.25, 0.3) is 0 Å². The van der Waals surface area contributed by atoms with Gasteiger partial charge in [0.1, 0.15) is 18.1 Å². The van der Waals surface area contributed by atoms with Crippen molar-refractivity contribution in [2.24, 2.45) is 0 Å². The number of benzene rings is 1. The second kappa shape index (κ2) is 10.9. The Morgan fingerprint density at radius 3 is 2.96 bits per heavy atom. The van der Waals surface area contributed by atoms with Gasteiger partial charge in [0.25, 0.3) is 0 Å². The molecule has 0 N–H and O–H groups in total. The molecule has 1 aromatic carbocycles. The molecule has 1 aliphatic rings. The van der Waals surface area contributed by atoms with Crippen LogP contribution in [0.3, 0.4) is 0 Å². The smallest absolute Gasteiger partial charge is 0.331 e. The fraction of sp³-hybridized carbons (Fsp3) is 0.450. The first-order valence-electron chi connectivity index (χ1n) is 8.63. The van der Waals surface area contributed by atoms with Gasteiger partial charge < -0.3 is 18.9 Å². The van der Waals surface area contributed by atoms with Crippen LogP contribution in [0.5, 0.6) is 11.5 Å². The van der Waals surface area contributed by atoms with Gasteiger partial charge >= 0.3 is 5.97 Å². The molecule has 0 saturated carbocycles. The van der Waals surface area contributed by atoms with Crippen molar-refractivity contribution in [3.63, 3.8) is 0 Å². The van der Waals surface area contributed by atoms with Gasteiger partial charge in [-0.25, -0.2) is 4.79 Å². The van der Waals surface area contributed by atoms with E-state index in [4.69, 9.17) is 18.9 Å². The standard InChI is InChI=1S/C20H23BrO5/c1-3-7-15(12-19(22)23-4-2)14-25-18-13-16(9-10-17(18)21)26-20-8-5-6-11-24-20/h9-10,12-13,20H,4-6,8,11,14H2,1-2H3/b15-12+. The van der Waals surface area contributed by atoms with E-state index in [9.17, 15) is 4.79 Å². The number of carbonyl (C=O) groups excluding carboxylic acids is 1. The third kappa shape index (κ3) is 6.74. The highest BCUT2D eigenvalue weighted by Crippen LogP contribution is 2.31. The topological polar surface area (TPSA) is 54.0 Å². The van der Waals surface area contributed by atoms with E-state index >= 15 is 0 Å². The highest BCUT2D eigenvalue weighted by atomic mass is 79.9. The maximum atomic E-state index is 11.6. The molecule has 0 aliphatic carbocycles. The first-order chi connectivity index (χ1) is 12.6. The van der Waals surface area contributed by atoms with Crippen molar-refractivity contribution in [2.75, 3.05) is 19.8 Å². The van der Waals surface area contributed by atoms with E-state index in [2.05, 4.69) is 27.8 Å². The molecule has 0 spiro atoms. The number of halogens is 1. The van der Waals surface area contributed by atoms with Crippen molar-refractivity contribution < 1.29 is 23.7 Å². The lowest BCUT2D eigenvalue weighted by Gasteiger charge is -2.23. The van der Waals surface area contributed by atoms with Crippen molar-refractivity contribution in [1.29, 1.82) is 0 Å². The Labute approximate surface area is 162 Å². The molecule has 6 heteroatoms. The maximum absolute atomic E-state index is 11.6. The highest BCUT2D eigenvalue weighted by Gasteiger charge is 2.16. The van der Waals surface area contributed by atoms with Gasteiger partial charge in [-0.15, -0.1) is 5.92 Å². The van der Waals surface area contributed by atoms with Gasteiger partial charge in [0.15, 0.2) is 6.29 Å². The molecule has 140 valence electrons. The fourth-order valence-electron chi connectivity index (χ4n) is 2.38. The number of esters is 1. The SMILES string of the molecule is CC#C/C(=C\C(=O)OCC)COc1cc(OC2CCCCO2)ccc1Br. The van der Waals surface area contributed by atoms with Gasteiger partial charge in [-0.2, -0.15) is 0 Å². The van der Waals surface area contributed by atoms with Gasteiger partial charge in [-0.05, 0) is 54.8 Å². The predicted octanol–water partition coefficient (Wildman–Crippen LogP) is 4.25. The summed E-state index contributed by atoms with van der Waals surface area (Å²) >= 11 is 3.46. The highest BCUT2D eigenvalue weighted by molar-refractivity contribution is 9.10. The molecule has 1 aromatic rings. The third-order valence-corrected chi connectivity index (χ3v) is 4.21. The van der Waals surface area contributed by atoms with E-state index in [-0.39, 0.29) is 12.9 Å². The minimum absolute atomic E-state index is 0.154. The Morgan fingerprint density at radius 1 is 1.42 bits per heavy atom. The number of hydrogen-bond donors (Lipinski definition) is 0. The molecule has 5 nitrogen and oxygen atoms in total. The van der Waals surface area contributed by atoms with Crippen LogP contribution in [-0.4, -0.2) is 32.1 Å². The zero-order valence-corrected chi connectivity index (χ0v) is 16.6. The van der Waals surface area contributed by atoms with Gasteiger partial charge in [-0.1, -0.05) is 5.92 Å². The molecule has 0 bridgehead atoms. The third-order valence-electron chi connectivity index (χ3n) is 3.56. The molecular weight excluding hydrogens is 400 g/mol. The summed E-state index contributed by atoms with van der Waals surface area (Å²) in [6.07, 6.45) is 4.18. The molecule has 1 fully saturated rings. The van der Waals surface area contributed by atoms with Crippen molar-refractivity contribution in [3.8, 4) is 23.3 Å². The molecule has 0 radical (unpaired) electrons. The average molecular weight is 423 g/mol. The fourth-order valence-corrected chi connectivity index (χ4v) is 2.74. The van der Waals surface area contributed by atoms with Crippen molar-refractivity contribution in [3.05, 3.63) is 34.3 Å². The van der Waals surface area contributed by atoms with Crippen molar-refractivity contribution in [2.45, 2.75) is 39.4 Å². The van der Waals surface area contributed by atoms with E-state index in [1.165, 1.54) is 6.08 Å². The van der Waals surface area contributed by atoms with Crippen LogP contribution in [0, 0.1) is 11.8 Å². The molecule has 2 rings (SSSR count). The molecule has 1 aliphatic heterocycles.